The molecule has 2 unspecified atom stereocenters. The number of methoxy groups -OCH3 is 1. The van der Waals surface area contributed by atoms with Crippen LogP contribution in [0.15, 0.2) is 54.6 Å². The van der Waals surface area contributed by atoms with Crippen molar-refractivity contribution in [3.63, 3.8) is 0 Å². The first-order valence-electron chi connectivity index (χ1n) is 12.7. The van der Waals surface area contributed by atoms with Crippen LogP contribution in [0, 0.1) is 0 Å². The van der Waals surface area contributed by atoms with Crippen LogP contribution in [-0.2, 0) is 28.0 Å². The minimum Gasteiger partial charge on any atom is -0.497 e. The highest BCUT2D eigenvalue weighted by Crippen LogP contribution is 2.28. The van der Waals surface area contributed by atoms with Gasteiger partial charge in [0.15, 0.2) is 0 Å². The van der Waals surface area contributed by atoms with Gasteiger partial charge in [0.1, 0.15) is 17.9 Å². The molecule has 3 N–H and O–H groups in total. The predicted molar refractivity (Wildman–Crippen MR) is 150 cm³/mol. The normalized spacial score (nSPS) is 13.3. The van der Waals surface area contributed by atoms with Gasteiger partial charge in [-0.2, -0.15) is 12.3 Å². The van der Waals surface area contributed by atoms with E-state index in [2.05, 4.69) is 10.0 Å². The number of aliphatic hydroxyl groups is 1. The minimum atomic E-state index is -4.14. The average Bonchev–Trinajstić information content (AvgIpc) is 2.87. The smallest absolute Gasteiger partial charge is 0.396 e. The van der Waals surface area contributed by atoms with Crippen molar-refractivity contribution < 1.29 is 26.9 Å². The van der Waals surface area contributed by atoms with E-state index in [1.165, 1.54) is 0 Å². The molecule has 0 heterocycles. The number of quaternary nitrogens is 1. The number of amides is 1. The molecule has 1 amide bonds. The Hall–Kier alpha value is -2.17. The van der Waals surface area contributed by atoms with Crippen LogP contribution < -0.4 is 14.8 Å². The van der Waals surface area contributed by atoms with Crippen LogP contribution in [0.25, 0.3) is 0 Å². The van der Waals surface area contributed by atoms with Crippen LogP contribution in [0.2, 0.25) is 0 Å². The van der Waals surface area contributed by atoms with E-state index in [1.807, 2.05) is 68.4 Å². The fraction of sp³-hybridized carbons (Fsp3) is 0.519. The van der Waals surface area contributed by atoms with E-state index in [-0.39, 0.29) is 38.5 Å². The lowest BCUT2D eigenvalue weighted by atomic mass is 9.98. The summed E-state index contributed by atoms with van der Waals surface area (Å²) in [5.74, 6) is 0.199. The van der Waals surface area contributed by atoms with Gasteiger partial charge >= 0.3 is 10.2 Å². The second-order valence-corrected chi connectivity index (χ2v) is 10.9. The molecule has 0 aliphatic rings. The summed E-state index contributed by atoms with van der Waals surface area (Å²) >= 11 is 0. The Morgan fingerprint density at radius 1 is 1.00 bits per heavy atom. The fourth-order valence-electron chi connectivity index (χ4n) is 4.68. The van der Waals surface area contributed by atoms with Crippen LogP contribution >= 0.6 is 12.4 Å². The number of hydrogen-bond acceptors (Lipinski definition) is 6. The van der Waals surface area contributed by atoms with E-state index in [9.17, 15) is 18.3 Å². The van der Waals surface area contributed by atoms with E-state index >= 15 is 0 Å². The fourth-order valence-corrected chi connectivity index (χ4v) is 6.71. The molecular formula is C27H43ClN3O5S+. The maximum Gasteiger partial charge on any atom is 0.396 e. The minimum absolute atomic E-state index is 0. The van der Waals surface area contributed by atoms with E-state index < -0.39 is 32.2 Å². The molecular weight excluding hydrogens is 514 g/mol. The summed E-state index contributed by atoms with van der Waals surface area (Å²) in [7, 11) is -2.52. The maximum atomic E-state index is 13.8. The molecule has 0 bridgehead atoms. The van der Waals surface area contributed by atoms with Gasteiger partial charge in [0.05, 0.1) is 20.2 Å². The summed E-state index contributed by atoms with van der Waals surface area (Å²) in [6.07, 6.45) is 0.588. The summed E-state index contributed by atoms with van der Waals surface area (Å²) in [5.41, 5.74) is 1.92. The second kappa shape index (κ2) is 15.9. The molecule has 10 heteroatoms. The number of halogens is 1. The largest absolute Gasteiger partial charge is 0.497 e. The Balaban J connectivity index is 0.00000684. The van der Waals surface area contributed by atoms with Crippen LogP contribution in [-0.4, -0.2) is 62.2 Å². The summed E-state index contributed by atoms with van der Waals surface area (Å²) < 4.78 is 34.8. The van der Waals surface area contributed by atoms with Crippen molar-refractivity contribution in [2.75, 3.05) is 26.7 Å². The van der Waals surface area contributed by atoms with E-state index in [1.54, 1.807) is 14.0 Å². The van der Waals surface area contributed by atoms with E-state index in [0.717, 1.165) is 16.9 Å². The van der Waals surface area contributed by atoms with Gasteiger partial charge in [0.25, 0.3) is 0 Å². The van der Waals surface area contributed by atoms with Gasteiger partial charge in [-0.25, -0.2) is 4.72 Å². The Bertz CT molecular complexity index is 1050. The van der Waals surface area contributed by atoms with Gasteiger partial charge in [-0.15, -0.1) is 12.4 Å². The lowest BCUT2D eigenvalue weighted by molar-refractivity contribution is -0.838. The molecule has 0 saturated heterocycles. The third-order valence-corrected chi connectivity index (χ3v) is 8.48. The Morgan fingerprint density at radius 3 is 2.19 bits per heavy atom. The monoisotopic (exact) mass is 556 g/mol. The SMILES string of the molecule is CCC[N+](CCC)(C(Cc1ccccc1)C(O)CNCc1cccc(OC)c1)S(=O)(=O)NC(=O)CC.Cl. The Kier molecular flexibility index (Phi) is 14.2. The first kappa shape index (κ1) is 32.9. The van der Waals surface area contributed by atoms with Crippen molar-refractivity contribution in [3.8, 4) is 5.75 Å². The summed E-state index contributed by atoms with van der Waals surface area (Å²) in [6.45, 7) is 6.72. The highest BCUT2D eigenvalue weighted by Gasteiger charge is 2.51. The first-order valence-corrected chi connectivity index (χ1v) is 14.1. The van der Waals surface area contributed by atoms with Gasteiger partial charge < -0.3 is 15.2 Å². The van der Waals surface area contributed by atoms with Gasteiger partial charge in [-0.3, -0.25) is 4.79 Å². The Morgan fingerprint density at radius 2 is 1.62 bits per heavy atom. The zero-order chi connectivity index (χ0) is 26.6. The van der Waals surface area contributed by atoms with Crippen LogP contribution in [0.5, 0.6) is 5.75 Å². The number of nitrogens with one attached hydrogen (secondary N) is 2. The molecule has 2 atom stereocenters. The first-order chi connectivity index (χ1) is 17.2. The van der Waals surface area contributed by atoms with Crippen molar-refractivity contribution in [2.24, 2.45) is 0 Å². The van der Waals surface area contributed by atoms with Crippen LogP contribution in [0.4, 0.5) is 0 Å². The van der Waals surface area contributed by atoms with E-state index in [4.69, 9.17) is 4.74 Å². The molecule has 0 radical (unpaired) electrons. The molecule has 0 aromatic heterocycles. The summed E-state index contributed by atoms with van der Waals surface area (Å²) in [6, 6.07) is 16.5. The zero-order valence-electron chi connectivity index (χ0n) is 22.4. The van der Waals surface area contributed by atoms with Crippen molar-refractivity contribution in [1.29, 1.82) is 0 Å². The molecule has 0 fully saturated rings. The molecule has 0 saturated carbocycles. The van der Waals surface area contributed by atoms with Crippen LogP contribution in [0.3, 0.4) is 0 Å². The quantitative estimate of drug-likeness (QED) is 0.273. The van der Waals surface area contributed by atoms with Crippen molar-refractivity contribution >= 4 is 28.5 Å². The van der Waals surface area contributed by atoms with Crippen molar-refractivity contribution in [3.05, 3.63) is 65.7 Å². The molecule has 2 aromatic carbocycles. The van der Waals surface area contributed by atoms with Gasteiger partial charge in [0, 0.05) is 25.9 Å². The molecule has 2 aromatic rings. The summed E-state index contributed by atoms with van der Waals surface area (Å²) in [5, 5.41) is 14.8. The van der Waals surface area contributed by atoms with Gasteiger partial charge in [0.2, 0.25) is 5.91 Å². The molecule has 2 rings (SSSR count). The predicted octanol–water partition coefficient (Wildman–Crippen LogP) is 3.59. The third kappa shape index (κ3) is 8.97. The van der Waals surface area contributed by atoms with Crippen molar-refractivity contribution in [2.45, 2.75) is 65.1 Å². The number of benzene rings is 2. The number of ether oxygens (including phenoxy) is 1. The highest BCUT2D eigenvalue weighted by molar-refractivity contribution is 7.84. The van der Waals surface area contributed by atoms with Gasteiger partial charge in [-0.1, -0.05) is 63.2 Å². The molecule has 37 heavy (non-hydrogen) atoms. The van der Waals surface area contributed by atoms with Gasteiger partial charge in [-0.05, 0) is 36.1 Å². The highest BCUT2D eigenvalue weighted by atomic mass is 35.5. The Labute approximate surface area is 228 Å². The summed E-state index contributed by atoms with van der Waals surface area (Å²) in [4.78, 5) is 12.2. The van der Waals surface area contributed by atoms with Crippen LogP contribution in [0.1, 0.15) is 51.2 Å². The third-order valence-electron chi connectivity index (χ3n) is 6.40. The maximum absolute atomic E-state index is 13.8. The topological polar surface area (TPSA) is 105 Å². The second-order valence-electron chi connectivity index (χ2n) is 9.06. The molecule has 0 aliphatic heterocycles. The number of aliphatic hydroxyl groups excluding tert-OH is 1. The number of hydrogen-bond donors (Lipinski definition) is 3. The lowest BCUT2D eigenvalue weighted by Crippen LogP contribution is -2.68. The zero-order valence-corrected chi connectivity index (χ0v) is 24.0. The lowest BCUT2D eigenvalue weighted by Gasteiger charge is -2.44. The van der Waals surface area contributed by atoms with Crippen molar-refractivity contribution in [1.82, 2.24) is 10.0 Å². The molecule has 8 nitrogen and oxygen atoms in total. The molecule has 0 aliphatic carbocycles. The van der Waals surface area contributed by atoms with E-state index in [0.29, 0.717) is 25.8 Å². The number of carbonyl (C=O) groups excluding carboxylic acids is 1. The number of nitrogens with zero attached hydrogens (tertiary/aromatic N) is 1. The average molecular weight is 557 g/mol. The standard InChI is InChI=1S/C27H41N3O5S.ClH/c1-5-16-30(17-6-2,36(33,34)29-27(32)7-3)25(19-22-12-9-8-10-13-22)26(31)21-28-20-23-14-11-15-24(18-23)35-4;/h8-15,18,25-26,28,31H,5-7,16-17,19-21H2,1-4H3;1H/p+1. The molecule has 208 valence electrons. The molecule has 0 spiro atoms. The number of carbonyl (C=O) groups is 1. The number of rotatable bonds is 16.